The summed E-state index contributed by atoms with van der Waals surface area (Å²) in [5.74, 6) is 0.195. The second-order valence-electron chi connectivity index (χ2n) is 3.41. The molecule has 2 nitrogen and oxygen atoms in total. The van der Waals surface area contributed by atoms with Gasteiger partial charge in [0, 0.05) is 6.61 Å². The maximum absolute atomic E-state index is 9.00. The summed E-state index contributed by atoms with van der Waals surface area (Å²) in [6.45, 7) is 2.80. The van der Waals surface area contributed by atoms with Crippen molar-refractivity contribution in [3.05, 3.63) is 35.4 Å². The van der Waals surface area contributed by atoms with Crippen LogP contribution >= 0.6 is 0 Å². The van der Waals surface area contributed by atoms with Crippen LogP contribution in [-0.2, 0) is 6.42 Å². The smallest absolute Gasteiger partial charge is 0.0474 e. The summed E-state index contributed by atoms with van der Waals surface area (Å²) in [6, 6.07) is 8.22. The molecular weight excluding hydrogens is 162 g/mol. The Morgan fingerprint density at radius 2 is 2.08 bits per heavy atom. The average molecular weight is 179 g/mol. The molecule has 0 heterocycles. The second kappa shape index (κ2) is 5.00. The Morgan fingerprint density at radius 1 is 1.38 bits per heavy atom. The summed E-state index contributed by atoms with van der Waals surface area (Å²) in [6.07, 6.45) is 0.875. The van der Waals surface area contributed by atoms with E-state index in [1.165, 1.54) is 11.1 Å². The topological polar surface area (TPSA) is 46.2 Å². The molecule has 0 aliphatic carbocycles. The van der Waals surface area contributed by atoms with Crippen LogP contribution in [0.4, 0.5) is 0 Å². The largest absolute Gasteiger partial charge is 0.396 e. The van der Waals surface area contributed by atoms with Crippen LogP contribution in [0.1, 0.15) is 11.1 Å². The molecule has 0 aliphatic rings. The fourth-order valence-corrected chi connectivity index (χ4v) is 1.37. The Hall–Kier alpha value is -0.860. The summed E-state index contributed by atoms with van der Waals surface area (Å²) in [5.41, 5.74) is 8.08. The summed E-state index contributed by atoms with van der Waals surface area (Å²) >= 11 is 0. The van der Waals surface area contributed by atoms with Crippen LogP contribution in [0.15, 0.2) is 24.3 Å². The van der Waals surface area contributed by atoms with Crippen LogP contribution < -0.4 is 5.73 Å². The van der Waals surface area contributed by atoms with Gasteiger partial charge in [-0.15, -0.1) is 0 Å². The van der Waals surface area contributed by atoms with Gasteiger partial charge in [-0.1, -0.05) is 24.3 Å². The van der Waals surface area contributed by atoms with Crippen molar-refractivity contribution in [3.8, 4) is 0 Å². The highest BCUT2D eigenvalue weighted by molar-refractivity contribution is 5.25. The molecule has 0 saturated carbocycles. The number of hydrogen-bond acceptors (Lipinski definition) is 2. The Bertz CT molecular complexity index is 256. The molecule has 0 radical (unpaired) electrons. The van der Waals surface area contributed by atoms with Crippen LogP contribution in [0.2, 0.25) is 0 Å². The lowest BCUT2D eigenvalue weighted by molar-refractivity contribution is 0.229. The number of nitrogens with two attached hydrogens (primary N) is 1. The minimum Gasteiger partial charge on any atom is -0.396 e. The molecule has 0 spiro atoms. The standard InChI is InChI=1S/C11H17NO/c1-9-4-2-3-5-11(9)6-10(7-12)8-13/h2-5,10,13H,6-8,12H2,1H3. The fraction of sp³-hybridized carbons (Fsp3) is 0.455. The summed E-state index contributed by atoms with van der Waals surface area (Å²) in [4.78, 5) is 0. The van der Waals surface area contributed by atoms with Gasteiger partial charge in [0.25, 0.3) is 0 Å². The van der Waals surface area contributed by atoms with Gasteiger partial charge in [-0.05, 0) is 36.9 Å². The van der Waals surface area contributed by atoms with Gasteiger partial charge in [0.1, 0.15) is 0 Å². The first-order chi connectivity index (χ1) is 6.27. The van der Waals surface area contributed by atoms with E-state index in [4.69, 9.17) is 10.8 Å². The molecule has 0 bridgehead atoms. The van der Waals surface area contributed by atoms with Crippen LogP contribution in [0.3, 0.4) is 0 Å². The zero-order chi connectivity index (χ0) is 9.68. The lowest BCUT2D eigenvalue weighted by Gasteiger charge is -2.12. The monoisotopic (exact) mass is 179 g/mol. The maximum Gasteiger partial charge on any atom is 0.0474 e. The van der Waals surface area contributed by atoms with Crippen molar-refractivity contribution in [2.45, 2.75) is 13.3 Å². The Kier molecular flexibility index (Phi) is 3.93. The molecule has 1 rings (SSSR count). The van der Waals surface area contributed by atoms with E-state index in [9.17, 15) is 0 Å². The van der Waals surface area contributed by atoms with Crippen molar-refractivity contribution >= 4 is 0 Å². The van der Waals surface area contributed by atoms with Gasteiger partial charge in [-0.25, -0.2) is 0 Å². The zero-order valence-corrected chi connectivity index (χ0v) is 8.03. The Morgan fingerprint density at radius 3 is 2.62 bits per heavy atom. The van der Waals surface area contributed by atoms with Crippen molar-refractivity contribution in [1.29, 1.82) is 0 Å². The SMILES string of the molecule is Cc1ccccc1CC(CN)CO. The number of rotatable bonds is 4. The van der Waals surface area contributed by atoms with E-state index < -0.39 is 0 Å². The van der Waals surface area contributed by atoms with Crippen LogP contribution in [0.25, 0.3) is 0 Å². The first kappa shape index (κ1) is 10.2. The van der Waals surface area contributed by atoms with Crippen LogP contribution in [-0.4, -0.2) is 18.3 Å². The van der Waals surface area contributed by atoms with Crippen molar-refractivity contribution < 1.29 is 5.11 Å². The van der Waals surface area contributed by atoms with E-state index >= 15 is 0 Å². The number of benzene rings is 1. The third kappa shape index (κ3) is 2.83. The van der Waals surface area contributed by atoms with Gasteiger partial charge >= 0.3 is 0 Å². The van der Waals surface area contributed by atoms with Crippen molar-refractivity contribution in [2.75, 3.05) is 13.2 Å². The molecule has 0 amide bonds. The molecule has 0 saturated heterocycles. The average Bonchev–Trinajstić information content (AvgIpc) is 2.17. The molecule has 3 N–H and O–H groups in total. The molecule has 1 aromatic rings. The predicted octanol–water partition coefficient (Wildman–Crippen LogP) is 1.10. The molecule has 0 aromatic heterocycles. The van der Waals surface area contributed by atoms with Gasteiger partial charge in [-0.2, -0.15) is 0 Å². The number of aryl methyl sites for hydroxylation is 1. The zero-order valence-electron chi connectivity index (χ0n) is 8.03. The highest BCUT2D eigenvalue weighted by Gasteiger charge is 2.07. The van der Waals surface area contributed by atoms with Crippen molar-refractivity contribution in [2.24, 2.45) is 11.7 Å². The first-order valence-electron chi connectivity index (χ1n) is 4.63. The van der Waals surface area contributed by atoms with Crippen LogP contribution in [0, 0.1) is 12.8 Å². The van der Waals surface area contributed by atoms with Crippen molar-refractivity contribution in [1.82, 2.24) is 0 Å². The van der Waals surface area contributed by atoms with E-state index in [1.807, 2.05) is 12.1 Å². The lowest BCUT2D eigenvalue weighted by Crippen LogP contribution is -2.20. The van der Waals surface area contributed by atoms with Gasteiger partial charge in [0.2, 0.25) is 0 Å². The van der Waals surface area contributed by atoms with E-state index in [-0.39, 0.29) is 12.5 Å². The number of aliphatic hydroxyl groups is 1. The second-order valence-corrected chi connectivity index (χ2v) is 3.41. The highest BCUT2D eigenvalue weighted by atomic mass is 16.3. The molecule has 1 atom stereocenters. The Balaban J connectivity index is 2.67. The molecule has 1 unspecified atom stereocenters. The van der Waals surface area contributed by atoms with Gasteiger partial charge in [0.15, 0.2) is 0 Å². The molecule has 13 heavy (non-hydrogen) atoms. The van der Waals surface area contributed by atoms with Gasteiger partial charge in [-0.3, -0.25) is 0 Å². The van der Waals surface area contributed by atoms with E-state index in [2.05, 4.69) is 19.1 Å². The van der Waals surface area contributed by atoms with Gasteiger partial charge < -0.3 is 10.8 Å². The minimum atomic E-state index is 0.171. The lowest BCUT2D eigenvalue weighted by atomic mass is 9.97. The number of aliphatic hydroxyl groups excluding tert-OH is 1. The predicted molar refractivity (Wildman–Crippen MR) is 54.5 cm³/mol. The molecule has 0 aliphatic heterocycles. The molecular formula is C11H17NO. The summed E-state index contributed by atoms with van der Waals surface area (Å²) in [5, 5.41) is 9.00. The number of hydrogen-bond donors (Lipinski definition) is 2. The van der Waals surface area contributed by atoms with Gasteiger partial charge in [0.05, 0.1) is 0 Å². The molecule has 1 aromatic carbocycles. The molecule has 2 heteroatoms. The normalized spacial score (nSPS) is 12.8. The fourth-order valence-electron chi connectivity index (χ4n) is 1.37. The third-order valence-electron chi connectivity index (χ3n) is 2.36. The van der Waals surface area contributed by atoms with Crippen molar-refractivity contribution in [3.63, 3.8) is 0 Å². The quantitative estimate of drug-likeness (QED) is 0.727. The van der Waals surface area contributed by atoms with Crippen LogP contribution in [0.5, 0.6) is 0 Å². The highest BCUT2D eigenvalue weighted by Crippen LogP contribution is 2.12. The summed E-state index contributed by atoms with van der Waals surface area (Å²) < 4.78 is 0. The molecule has 0 fully saturated rings. The minimum absolute atomic E-state index is 0.171. The van der Waals surface area contributed by atoms with E-state index in [1.54, 1.807) is 0 Å². The third-order valence-corrected chi connectivity index (χ3v) is 2.36. The van der Waals surface area contributed by atoms with E-state index in [0.29, 0.717) is 6.54 Å². The Labute approximate surface area is 79.4 Å². The van der Waals surface area contributed by atoms with E-state index in [0.717, 1.165) is 6.42 Å². The first-order valence-corrected chi connectivity index (χ1v) is 4.63. The molecule has 72 valence electrons. The summed E-state index contributed by atoms with van der Waals surface area (Å²) in [7, 11) is 0. The maximum atomic E-state index is 9.00.